The van der Waals surface area contributed by atoms with Crippen LogP contribution in [0.15, 0.2) is 39.5 Å². The Bertz CT molecular complexity index is 744. The third kappa shape index (κ3) is 2.17. The molecule has 18 heavy (non-hydrogen) atoms. The molecule has 2 heterocycles. The maximum Gasteiger partial charge on any atom is 0.195 e. The van der Waals surface area contributed by atoms with E-state index in [2.05, 4.69) is 38.5 Å². The summed E-state index contributed by atoms with van der Waals surface area (Å²) in [6.07, 6.45) is 0. The van der Waals surface area contributed by atoms with E-state index in [9.17, 15) is 4.79 Å². The monoisotopic (exact) mass is 448 g/mol. The second-order valence-corrected chi connectivity index (χ2v) is 8.27. The smallest absolute Gasteiger partial charge is 0.195 e. The van der Waals surface area contributed by atoms with Gasteiger partial charge in [0.2, 0.25) is 0 Å². The molecule has 0 aliphatic carbocycles. The summed E-state index contributed by atoms with van der Waals surface area (Å²) in [5, 5.41) is 4.90. The number of hydrogen-bond donors (Lipinski definition) is 0. The van der Waals surface area contributed by atoms with Gasteiger partial charge in [-0.2, -0.15) is 0 Å². The predicted molar refractivity (Wildman–Crippen MR) is 90.0 cm³/mol. The number of carbonyl (C=O) groups is 1. The van der Waals surface area contributed by atoms with Crippen molar-refractivity contribution >= 4 is 77.1 Å². The summed E-state index contributed by atoms with van der Waals surface area (Å²) in [7, 11) is 0. The highest BCUT2D eigenvalue weighted by Gasteiger charge is 2.16. The molecule has 5 heteroatoms. The minimum atomic E-state index is 0.110. The van der Waals surface area contributed by atoms with Crippen molar-refractivity contribution < 1.29 is 4.79 Å². The molecule has 0 atom stereocenters. The Morgan fingerprint density at radius 3 is 2.78 bits per heavy atom. The van der Waals surface area contributed by atoms with Gasteiger partial charge in [-0.25, -0.2) is 0 Å². The Kier molecular flexibility index (Phi) is 3.57. The number of hydrogen-bond acceptors (Lipinski definition) is 3. The van der Waals surface area contributed by atoms with Crippen LogP contribution in [0, 0.1) is 2.88 Å². The maximum atomic E-state index is 12.4. The van der Waals surface area contributed by atoms with Gasteiger partial charge in [-0.1, -0.05) is 12.1 Å². The van der Waals surface area contributed by atoms with E-state index in [-0.39, 0.29) is 5.78 Å². The van der Waals surface area contributed by atoms with Crippen molar-refractivity contribution in [3.8, 4) is 0 Å². The predicted octanol–water partition coefficient (Wildman–Crippen LogP) is 5.56. The summed E-state index contributed by atoms with van der Waals surface area (Å²) in [5.41, 5.74) is 1.58. The number of carbonyl (C=O) groups excluding carboxylic acids is 1. The SMILES string of the molecule is O=C(c1csc(I)c1)c1csc2c(Br)cccc12. The highest BCUT2D eigenvalue weighted by molar-refractivity contribution is 14.1. The van der Waals surface area contributed by atoms with E-state index in [1.54, 1.807) is 22.7 Å². The third-order valence-electron chi connectivity index (χ3n) is 2.63. The molecule has 0 spiro atoms. The molecular weight excluding hydrogens is 443 g/mol. The molecule has 0 saturated heterocycles. The van der Waals surface area contributed by atoms with Crippen LogP contribution in [0.3, 0.4) is 0 Å². The zero-order valence-corrected chi connectivity index (χ0v) is 14.3. The van der Waals surface area contributed by atoms with Crippen LogP contribution in [0.2, 0.25) is 0 Å². The average molecular weight is 449 g/mol. The summed E-state index contributed by atoms with van der Waals surface area (Å²) >= 11 is 8.96. The van der Waals surface area contributed by atoms with E-state index < -0.39 is 0 Å². The summed E-state index contributed by atoms with van der Waals surface area (Å²) in [6.45, 7) is 0. The zero-order chi connectivity index (χ0) is 12.7. The lowest BCUT2D eigenvalue weighted by atomic mass is 10.1. The molecule has 0 saturated carbocycles. The highest BCUT2D eigenvalue weighted by Crippen LogP contribution is 2.33. The first-order chi connectivity index (χ1) is 8.66. The summed E-state index contributed by atoms with van der Waals surface area (Å²) < 4.78 is 3.31. The molecule has 0 bridgehead atoms. The Morgan fingerprint density at radius 2 is 2.06 bits per heavy atom. The molecule has 0 amide bonds. The molecule has 0 aliphatic heterocycles. The number of halogens is 2. The van der Waals surface area contributed by atoms with Crippen LogP contribution in [0.25, 0.3) is 10.1 Å². The lowest BCUT2D eigenvalue weighted by Gasteiger charge is -1.97. The van der Waals surface area contributed by atoms with Crippen molar-refractivity contribution in [2.75, 3.05) is 0 Å². The first-order valence-electron chi connectivity index (χ1n) is 5.11. The van der Waals surface area contributed by atoms with Crippen LogP contribution < -0.4 is 0 Å². The van der Waals surface area contributed by atoms with Gasteiger partial charge in [0.25, 0.3) is 0 Å². The molecule has 1 aromatic carbocycles. The molecule has 0 radical (unpaired) electrons. The van der Waals surface area contributed by atoms with Gasteiger partial charge in [0.1, 0.15) is 0 Å². The standard InChI is InChI=1S/C13H6BrIOS2/c14-10-3-1-2-8-9(6-18-13(8)10)12(16)7-4-11(15)17-5-7/h1-6H. The van der Waals surface area contributed by atoms with Gasteiger partial charge in [-0.05, 0) is 50.7 Å². The molecule has 0 N–H and O–H groups in total. The molecular formula is C13H6BrIOS2. The van der Waals surface area contributed by atoms with Gasteiger partial charge in [0, 0.05) is 36.4 Å². The van der Waals surface area contributed by atoms with Crippen LogP contribution in [0.5, 0.6) is 0 Å². The van der Waals surface area contributed by atoms with Gasteiger partial charge in [-0.3, -0.25) is 4.79 Å². The number of benzene rings is 1. The Hall–Kier alpha value is -0.240. The largest absolute Gasteiger partial charge is 0.289 e. The minimum Gasteiger partial charge on any atom is -0.289 e. The van der Waals surface area contributed by atoms with Crippen LogP contribution in [0.1, 0.15) is 15.9 Å². The number of rotatable bonds is 2. The van der Waals surface area contributed by atoms with Gasteiger partial charge in [0.05, 0.1) is 2.88 Å². The maximum absolute atomic E-state index is 12.4. The fourth-order valence-electron chi connectivity index (χ4n) is 1.78. The number of fused-ring (bicyclic) bond motifs is 1. The van der Waals surface area contributed by atoms with Crippen LogP contribution >= 0.6 is 61.2 Å². The molecule has 1 nitrogen and oxygen atoms in total. The molecule has 3 aromatic rings. The van der Waals surface area contributed by atoms with E-state index >= 15 is 0 Å². The van der Waals surface area contributed by atoms with Gasteiger partial charge < -0.3 is 0 Å². The van der Waals surface area contributed by atoms with Crippen molar-refractivity contribution in [3.05, 3.63) is 53.5 Å². The minimum absolute atomic E-state index is 0.110. The van der Waals surface area contributed by atoms with Gasteiger partial charge in [0.15, 0.2) is 5.78 Å². The first kappa shape index (κ1) is 12.8. The molecule has 3 rings (SSSR count). The Labute approximate surface area is 134 Å². The number of ketones is 1. The Balaban J connectivity index is 2.15. The van der Waals surface area contributed by atoms with Crippen molar-refractivity contribution in [2.45, 2.75) is 0 Å². The second-order valence-electron chi connectivity index (χ2n) is 3.73. The fraction of sp³-hybridized carbons (Fsp3) is 0. The summed E-state index contributed by atoms with van der Waals surface area (Å²) in [4.78, 5) is 12.4. The van der Waals surface area contributed by atoms with E-state index in [4.69, 9.17) is 0 Å². The number of thiophene rings is 2. The van der Waals surface area contributed by atoms with Crippen molar-refractivity contribution in [1.82, 2.24) is 0 Å². The average Bonchev–Trinajstić information content (AvgIpc) is 2.95. The van der Waals surface area contributed by atoms with E-state index in [0.29, 0.717) is 0 Å². The van der Waals surface area contributed by atoms with Crippen molar-refractivity contribution in [3.63, 3.8) is 0 Å². The van der Waals surface area contributed by atoms with E-state index in [1.807, 2.05) is 35.0 Å². The van der Waals surface area contributed by atoms with E-state index in [1.165, 1.54) is 0 Å². The van der Waals surface area contributed by atoms with Crippen LogP contribution in [0.4, 0.5) is 0 Å². The van der Waals surface area contributed by atoms with Gasteiger partial charge in [-0.15, -0.1) is 22.7 Å². The summed E-state index contributed by atoms with van der Waals surface area (Å²) in [5.74, 6) is 0.110. The zero-order valence-electron chi connectivity index (χ0n) is 8.94. The van der Waals surface area contributed by atoms with Crippen molar-refractivity contribution in [2.24, 2.45) is 0 Å². The normalized spacial score (nSPS) is 11.0. The molecule has 0 fully saturated rings. The lowest BCUT2D eigenvalue weighted by molar-refractivity contribution is 0.104. The molecule has 0 unspecified atom stereocenters. The third-order valence-corrected chi connectivity index (χ3v) is 6.37. The van der Waals surface area contributed by atoms with Gasteiger partial charge >= 0.3 is 0 Å². The quantitative estimate of drug-likeness (QED) is 0.370. The fourth-order valence-corrected chi connectivity index (χ4v) is 4.71. The lowest BCUT2D eigenvalue weighted by Crippen LogP contribution is -1.97. The second kappa shape index (κ2) is 5.03. The molecule has 2 aromatic heterocycles. The van der Waals surface area contributed by atoms with E-state index in [0.717, 1.165) is 28.6 Å². The molecule has 90 valence electrons. The van der Waals surface area contributed by atoms with Crippen LogP contribution in [-0.2, 0) is 0 Å². The summed E-state index contributed by atoms with van der Waals surface area (Å²) in [6, 6.07) is 7.91. The Morgan fingerprint density at radius 1 is 1.22 bits per heavy atom. The van der Waals surface area contributed by atoms with Crippen molar-refractivity contribution in [1.29, 1.82) is 0 Å². The first-order valence-corrected chi connectivity index (χ1v) is 8.74. The topological polar surface area (TPSA) is 17.1 Å². The molecule has 0 aliphatic rings. The van der Waals surface area contributed by atoms with Crippen LogP contribution in [-0.4, -0.2) is 5.78 Å². The highest BCUT2D eigenvalue weighted by atomic mass is 127.